The lowest BCUT2D eigenvalue weighted by atomic mass is 10.1. The zero-order valence-corrected chi connectivity index (χ0v) is 23.3. The van der Waals surface area contributed by atoms with Crippen LogP contribution in [0.15, 0.2) is 70.0 Å². The molecule has 0 radical (unpaired) electrons. The number of carbonyl (C=O) groups excluding carboxylic acids is 1. The first-order chi connectivity index (χ1) is 19.1. The molecule has 1 atom stereocenters. The third-order valence-corrected chi connectivity index (χ3v) is 9.56. The summed E-state index contributed by atoms with van der Waals surface area (Å²) < 4.78 is 13.2. The fourth-order valence-electron chi connectivity index (χ4n) is 4.45. The second kappa shape index (κ2) is 13.7. The highest BCUT2D eigenvalue weighted by molar-refractivity contribution is 8.77. The summed E-state index contributed by atoms with van der Waals surface area (Å²) in [6.07, 6.45) is 7.66. The highest BCUT2D eigenvalue weighted by Gasteiger charge is 2.16. The van der Waals surface area contributed by atoms with Crippen molar-refractivity contribution >= 4 is 38.5 Å². The fraction of sp³-hybridized carbons (Fsp3) is 0.379. The van der Waals surface area contributed by atoms with Gasteiger partial charge in [-0.2, -0.15) is 0 Å². The van der Waals surface area contributed by atoms with Crippen LogP contribution in [0.25, 0.3) is 22.1 Å². The molecule has 1 aliphatic rings. The molecule has 39 heavy (non-hydrogen) atoms. The summed E-state index contributed by atoms with van der Waals surface area (Å²) in [6.45, 7) is 1.50. The molecular weight excluding hydrogens is 532 g/mol. The molecule has 8 nitrogen and oxygen atoms in total. The molecule has 1 amide bonds. The van der Waals surface area contributed by atoms with Crippen LogP contribution in [0.5, 0.6) is 5.75 Å². The number of carbonyl (C=O) groups is 1. The lowest BCUT2D eigenvalue weighted by Crippen LogP contribution is -2.22. The van der Waals surface area contributed by atoms with Crippen LogP contribution in [-0.2, 0) is 17.9 Å². The SMILES string of the molecule is O=C(CCCCC1CCSS1)NCc1cn(CCCOc2ccc3cc(-c4ccccc4)c(=O)oc3c2)nn1. The minimum Gasteiger partial charge on any atom is -0.493 e. The van der Waals surface area contributed by atoms with Crippen molar-refractivity contribution in [3.8, 4) is 16.9 Å². The second-order valence-corrected chi connectivity index (χ2v) is 12.3. The van der Waals surface area contributed by atoms with Crippen molar-refractivity contribution in [1.29, 1.82) is 0 Å². The molecule has 1 N–H and O–H groups in total. The van der Waals surface area contributed by atoms with E-state index in [0.29, 0.717) is 43.0 Å². The normalized spacial score (nSPS) is 15.0. The number of aromatic nitrogens is 3. The van der Waals surface area contributed by atoms with Crippen LogP contribution in [0.2, 0.25) is 0 Å². The van der Waals surface area contributed by atoms with Gasteiger partial charge in [0, 0.05) is 41.8 Å². The molecule has 1 unspecified atom stereocenters. The highest BCUT2D eigenvalue weighted by atomic mass is 33.1. The van der Waals surface area contributed by atoms with Crippen molar-refractivity contribution in [3.05, 3.63) is 76.9 Å². The highest BCUT2D eigenvalue weighted by Crippen LogP contribution is 2.39. The average Bonchev–Trinajstić information content (AvgIpc) is 3.65. The summed E-state index contributed by atoms with van der Waals surface area (Å²) >= 11 is 0. The van der Waals surface area contributed by atoms with E-state index in [9.17, 15) is 9.59 Å². The Morgan fingerprint density at radius 2 is 2.03 bits per heavy atom. The van der Waals surface area contributed by atoms with Gasteiger partial charge in [-0.15, -0.1) is 5.10 Å². The van der Waals surface area contributed by atoms with Gasteiger partial charge in [-0.25, -0.2) is 4.79 Å². The minimum atomic E-state index is -0.373. The fourth-order valence-corrected chi connectivity index (χ4v) is 7.47. The summed E-state index contributed by atoms with van der Waals surface area (Å²) in [4.78, 5) is 24.6. The third kappa shape index (κ3) is 7.89. The Bertz CT molecular complexity index is 1430. The number of aryl methyl sites for hydroxylation is 1. The lowest BCUT2D eigenvalue weighted by molar-refractivity contribution is -0.121. The number of benzene rings is 2. The molecule has 0 saturated carbocycles. The maximum Gasteiger partial charge on any atom is 0.344 e. The number of hydrogen-bond acceptors (Lipinski definition) is 8. The van der Waals surface area contributed by atoms with Crippen LogP contribution in [-0.4, -0.2) is 38.5 Å². The Hall–Kier alpha value is -3.24. The summed E-state index contributed by atoms with van der Waals surface area (Å²) in [6, 6.07) is 16.8. The van der Waals surface area contributed by atoms with Crippen molar-refractivity contribution in [2.75, 3.05) is 12.4 Å². The number of hydrogen-bond donors (Lipinski definition) is 1. The summed E-state index contributed by atoms with van der Waals surface area (Å²) in [5, 5.41) is 12.8. The van der Waals surface area contributed by atoms with Gasteiger partial charge in [0.2, 0.25) is 5.91 Å². The van der Waals surface area contributed by atoms with E-state index in [0.717, 1.165) is 41.2 Å². The molecule has 1 saturated heterocycles. The lowest BCUT2D eigenvalue weighted by Gasteiger charge is -2.08. The molecule has 1 aliphatic heterocycles. The van der Waals surface area contributed by atoms with Gasteiger partial charge in [-0.1, -0.05) is 63.6 Å². The Balaban J connectivity index is 1.02. The summed E-state index contributed by atoms with van der Waals surface area (Å²) in [5.74, 6) is 1.96. The van der Waals surface area contributed by atoms with Crippen molar-refractivity contribution in [3.63, 3.8) is 0 Å². The Kier molecular flexibility index (Phi) is 9.61. The van der Waals surface area contributed by atoms with Gasteiger partial charge >= 0.3 is 5.63 Å². The van der Waals surface area contributed by atoms with Crippen LogP contribution in [0.1, 0.15) is 44.2 Å². The van der Waals surface area contributed by atoms with Gasteiger partial charge in [0.25, 0.3) is 0 Å². The van der Waals surface area contributed by atoms with Crippen LogP contribution in [0.4, 0.5) is 0 Å². The number of nitrogens with zero attached hydrogens (tertiary/aromatic N) is 3. The van der Waals surface area contributed by atoms with Gasteiger partial charge in [-0.05, 0) is 43.0 Å². The van der Waals surface area contributed by atoms with E-state index < -0.39 is 0 Å². The number of unbranched alkanes of at least 4 members (excludes halogenated alkanes) is 1. The predicted molar refractivity (Wildman–Crippen MR) is 157 cm³/mol. The molecule has 4 aromatic rings. The Morgan fingerprint density at radius 3 is 2.87 bits per heavy atom. The molecule has 2 aromatic carbocycles. The zero-order valence-electron chi connectivity index (χ0n) is 21.7. The average molecular weight is 565 g/mol. The largest absolute Gasteiger partial charge is 0.493 e. The maximum absolute atomic E-state index is 12.5. The van der Waals surface area contributed by atoms with Gasteiger partial charge in [0.15, 0.2) is 0 Å². The van der Waals surface area contributed by atoms with E-state index in [1.807, 2.05) is 76.3 Å². The molecule has 0 aliphatic carbocycles. The van der Waals surface area contributed by atoms with Gasteiger partial charge in [0.05, 0.1) is 24.9 Å². The first-order valence-corrected chi connectivity index (χ1v) is 15.7. The molecule has 3 heterocycles. The van der Waals surface area contributed by atoms with Crippen LogP contribution in [0.3, 0.4) is 0 Å². The zero-order chi connectivity index (χ0) is 26.9. The molecule has 1 fully saturated rings. The van der Waals surface area contributed by atoms with Crippen LogP contribution in [0, 0.1) is 0 Å². The molecule has 204 valence electrons. The first-order valence-electron chi connectivity index (χ1n) is 13.3. The van der Waals surface area contributed by atoms with Gasteiger partial charge in [0.1, 0.15) is 17.0 Å². The van der Waals surface area contributed by atoms with Crippen molar-refractivity contribution < 1.29 is 13.9 Å². The van der Waals surface area contributed by atoms with Crippen LogP contribution < -0.4 is 15.7 Å². The van der Waals surface area contributed by atoms with Gasteiger partial charge in [-0.3, -0.25) is 9.48 Å². The Labute approximate surface area is 235 Å². The maximum atomic E-state index is 12.5. The third-order valence-electron chi connectivity index (χ3n) is 6.55. The molecule has 5 rings (SSSR count). The number of ether oxygens (including phenoxy) is 1. The number of rotatable bonds is 13. The quantitative estimate of drug-likeness (QED) is 0.123. The van der Waals surface area contributed by atoms with E-state index in [2.05, 4.69) is 15.6 Å². The topological polar surface area (TPSA) is 99.2 Å². The van der Waals surface area contributed by atoms with Crippen LogP contribution >= 0.6 is 21.6 Å². The summed E-state index contributed by atoms with van der Waals surface area (Å²) in [5.41, 5.74) is 2.23. The summed E-state index contributed by atoms with van der Waals surface area (Å²) in [7, 11) is 3.96. The van der Waals surface area contributed by atoms with E-state index in [4.69, 9.17) is 9.15 Å². The van der Waals surface area contributed by atoms with Gasteiger partial charge < -0.3 is 14.5 Å². The van der Waals surface area contributed by atoms with E-state index in [1.54, 1.807) is 10.7 Å². The standard InChI is InChI=1S/C29H32N4O4S2/c34-28(10-5-4-9-25-13-16-38-39-25)30-19-23-20-33(32-31-23)14-6-15-36-24-12-11-22-17-26(21-7-2-1-3-8-21)29(35)37-27(22)18-24/h1-3,7-8,11-12,17-18,20,25H,4-6,9-10,13-16,19H2,(H,30,34). The number of fused-ring (bicyclic) bond motifs is 1. The molecule has 2 aromatic heterocycles. The molecule has 10 heteroatoms. The molecule has 0 bridgehead atoms. The number of amides is 1. The van der Waals surface area contributed by atoms with E-state index in [-0.39, 0.29) is 11.5 Å². The van der Waals surface area contributed by atoms with E-state index >= 15 is 0 Å². The van der Waals surface area contributed by atoms with E-state index in [1.165, 1.54) is 18.6 Å². The Morgan fingerprint density at radius 1 is 1.13 bits per heavy atom. The molecule has 0 spiro atoms. The smallest absolute Gasteiger partial charge is 0.344 e. The van der Waals surface area contributed by atoms with Crippen molar-refractivity contribution in [2.45, 2.75) is 56.9 Å². The first kappa shape index (κ1) is 27.3. The van der Waals surface area contributed by atoms with Crippen molar-refractivity contribution in [2.24, 2.45) is 0 Å². The monoisotopic (exact) mass is 564 g/mol. The minimum absolute atomic E-state index is 0.0638. The van der Waals surface area contributed by atoms with Crippen molar-refractivity contribution in [1.82, 2.24) is 20.3 Å². The second-order valence-electron chi connectivity index (χ2n) is 9.54. The number of nitrogens with one attached hydrogen (secondary N) is 1. The molecular formula is C29H32N4O4S2. The predicted octanol–water partition coefficient (Wildman–Crippen LogP) is 5.85.